The summed E-state index contributed by atoms with van der Waals surface area (Å²) >= 11 is 0. The molecule has 7 rings (SSSR count). The summed E-state index contributed by atoms with van der Waals surface area (Å²) in [6, 6.07) is 25.0. The minimum absolute atomic E-state index is 0.0120. The molecule has 0 radical (unpaired) electrons. The topological polar surface area (TPSA) is 87.2 Å². The van der Waals surface area contributed by atoms with Gasteiger partial charge in [-0.15, -0.1) is 0 Å². The SMILES string of the molecule is O=C1C(c2ccc(C3=C([O-])N4C=CC=CC4N(c4ccccc4)C3=O)cc2)C(=O)N(c2ccccc2)C2C=CC=CN12. The van der Waals surface area contributed by atoms with E-state index >= 15 is 0 Å². The molecule has 1 saturated heterocycles. The first kappa shape index (κ1) is 25.3. The molecule has 3 aromatic carbocycles. The van der Waals surface area contributed by atoms with E-state index in [1.165, 1.54) is 4.90 Å². The number of para-hydroxylation sites is 2. The van der Waals surface area contributed by atoms with Crippen molar-refractivity contribution in [2.75, 3.05) is 9.80 Å². The first-order valence-corrected chi connectivity index (χ1v) is 13.6. The molecule has 4 heterocycles. The maximum Gasteiger partial charge on any atom is 0.261 e. The van der Waals surface area contributed by atoms with Crippen LogP contribution in [0.1, 0.15) is 17.0 Å². The summed E-state index contributed by atoms with van der Waals surface area (Å²) in [7, 11) is 0. The maximum absolute atomic E-state index is 13.9. The number of nitrogens with zero attached hydrogens (tertiary/aromatic N) is 4. The number of anilines is 2. The molecule has 3 unspecified atom stereocenters. The summed E-state index contributed by atoms with van der Waals surface area (Å²) in [6.07, 6.45) is 13.0. The van der Waals surface area contributed by atoms with Gasteiger partial charge in [-0.3, -0.25) is 29.1 Å². The lowest BCUT2D eigenvalue weighted by Gasteiger charge is -2.47. The number of amides is 3. The molecule has 8 nitrogen and oxygen atoms in total. The molecule has 1 fully saturated rings. The van der Waals surface area contributed by atoms with E-state index in [1.54, 1.807) is 69.6 Å². The highest BCUT2D eigenvalue weighted by Gasteiger charge is 2.46. The van der Waals surface area contributed by atoms with Crippen molar-refractivity contribution < 1.29 is 19.5 Å². The number of allylic oxidation sites excluding steroid dienone is 4. The van der Waals surface area contributed by atoms with Gasteiger partial charge in [0.2, 0.25) is 11.8 Å². The highest BCUT2D eigenvalue weighted by molar-refractivity contribution is 6.27. The van der Waals surface area contributed by atoms with Gasteiger partial charge >= 0.3 is 0 Å². The number of carbonyl (C=O) groups is 3. The van der Waals surface area contributed by atoms with E-state index < -0.39 is 30.0 Å². The summed E-state index contributed by atoms with van der Waals surface area (Å²) in [5, 5.41) is 13.6. The Morgan fingerprint density at radius 3 is 1.74 bits per heavy atom. The van der Waals surface area contributed by atoms with Gasteiger partial charge in [-0.25, -0.2) is 0 Å². The van der Waals surface area contributed by atoms with Gasteiger partial charge in [0.1, 0.15) is 18.2 Å². The highest BCUT2D eigenvalue weighted by atomic mass is 16.3. The molecule has 4 aliphatic heterocycles. The normalized spacial score (nSPS) is 23.0. The molecule has 206 valence electrons. The van der Waals surface area contributed by atoms with Crippen LogP contribution in [0, 0.1) is 0 Å². The van der Waals surface area contributed by atoms with Gasteiger partial charge in [0, 0.05) is 23.8 Å². The van der Waals surface area contributed by atoms with Gasteiger partial charge in [-0.05, 0) is 65.6 Å². The van der Waals surface area contributed by atoms with Gasteiger partial charge in [-0.2, -0.15) is 0 Å². The van der Waals surface area contributed by atoms with Gasteiger partial charge in [0.15, 0.2) is 0 Å². The average Bonchev–Trinajstić information content (AvgIpc) is 3.03. The average molecular weight is 554 g/mol. The number of hydrogen-bond acceptors (Lipinski definition) is 5. The summed E-state index contributed by atoms with van der Waals surface area (Å²) in [4.78, 5) is 47.8. The van der Waals surface area contributed by atoms with Crippen molar-refractivity contribution in [3.63, 3.8) is 0 Å². The van der Waals surface area contributed by atoms with Gasteiger partial charge in [0.25, 0.3) is 5.91 Å². The van der Waals surface area contributed by atoms with E-state index in [1.807, 2.05) is 78.9 Å². The number of hydrogen-bond donors (Lipinski definition) is 0. The van der Waals surface area contributed by atoms with Crippen LogP contribution < -0.4 is 14.9 Å². The second-order valence-electron chi connectivity index (χ2n) is 10.2. The van der Waals surface area contributed by atoms with Gasteiger partial charge < -0.3 is 10.0 Å². The molecule has 0 N–H and O–H groups in total. The minimum atomic E-state index is -1.09. The highest BCUT2D eigenvalue weighted by Crippen LogP contribution is 2.37. The lowest BCUT2D eigenvalue weighted by molar-refractivity contribution is -0.329. The monoisotopic (exact) mass is 553 g/mol. The van der Waals surface area contributed by atoms with Gasteiger partial charge in [0.05, 0.1) is 5.57 Å². The van der Waals surface area contributed by atoms with Crippen LogP contribution in [-0.4, -0.2) is 39.9 Å². The second kappa shape index (κ2) is 10.1. The Balaban J connectivity index is 1.26. The predicted octanol–water partition coefficient (Wildman–Crippen LogP) is 3.84. The van der Waals surface area contributed by atoms with Crippen LogP contribution in [0.2, 0.25) is 0 Å². The molecule has 42 heavy (non-hydrogen) atoms. The van der Waals surface area contributed by atoms with Gasteiger partial charge in [-0.1, -0.05) is 72.8 Å². The van der Waals surface area contributed by atoms with Crippen molar-refractivity contribution in [3.05, 3.63) is 151 Å². The van der Waals surface area contributed by atoms with Crippen molar-refractivity contribution in [3.8, 4) is 0 Å². The van der Waals surface area contributed by atoms with E-state index in [0.717, 1.165) is 0 Å². The zero-order valence-electron chi connectivity index (χ0n) is 22.4. The molecule has 3 aromatic rings. The Bertz CT molecular complexity index is 1720. The smallest absolute Gasteiger partial charge is 0.261 e. The zero-order chi connectivity index (χ0) is 28.8. The van der Waals surface area contributed by atoms with E-state index in [-0.39, 0.29) is 17.4 Å². The fourth-order valence-corrected chi connectivity index (χ4v) is 5.87. The minimum Gasteiger partial charge on any atom is -0.859 e. The molecule has 0 saturated carbocycles. The summed E-state index contributed by atoms with van der Waals surface area (Å²) < 4.78 is 0. The Morgan fingerprint density at radius 1 is 0.571 bits per heavy atom. The molecule has 0 spiro atoms. The third-order valence-electron chi connectivity index (χ3n) is 7.85. The fraction of sp³-hybridized carbons (Fsp3) is 0.0882. The molecule has 0 bridgehead atoms. The fourth-order valence-electron chi connectivity index (χ4n) is 5.87. The summed E-state index contributed by atoms with van der Waals surface area (Å²) in [5.74, 6) is -2.62. The van der Waals surface area contributed by atoms with Crippen molar-refractivity contribution in [1.82, 2.24) is 9.80 Å². The predicted molar refractivity (Wildman–Crippen MR) is 157 cm³/mol. The molecular weight excluding hydrogens is 528 g/mol. The second-order valence-corrected chi connectivity index (χ2v) is 10.2. The van der Waals surface area contributed by atoms with E-state index in [0.29, 0.717) is 22.5 Å². The van der Waals surface area contributed by atoms with E-state index in [2.05, 4.69) is 0 Å². The third-order valence-corrected chi connectivity index (χ3v) is 7.85. The number of benzene rings is 3. The molecule has 4 aliphatic rings. The van der Waals surface area contributed by atoms with E-state index in [9.17, 15) is 19.5 Å². The number of carbonyl (C=O) groups excluding carboxylic acids is 3. The number of fused-ring (bicyclic) bond motifs is 2. The summed E-state index contributed by atoms with van der Waals surface area (Å²) in [5.41, 5.74) is 2.24. The standard InChI is InChI=1S/C34H26N4O4/c39-31-29(33(41)37(25-11-3-1-4-12-25)27-15-7-9-21-35(27)31)23-17-19-24(20-18-23)30-32(40)36-22-10-8-16-28(36)38(34(30)42)26-13-5-2-6-14-26/h1-22,27-29,40H/p-1. The lowest BCUT2D eigenvalue weighted by Crippen LogP contribution is -2.60. The molecule has 8 heteroatoms. The zero-order valence-corrected chi connectivity index (χ0v) is 22.4. The first-order valence-electron chi connectivity index (χ1n) is 13.6. The van der Waals surface area contributed by atoms with Crippen LogP contribution in [0.3, 0.4) is 0 Å². The van der Waals surface area contributed by atoms with Crippen LogP contribution in [-0.2, 0) is 14.4 Å². The molecule has 0 aliphatic carbocycles. The quantitative estimate of drug-likeness (QED) is 0.459. The van der Waals surface area contributed by atoms with Crippen LogP contribution in [0.4, 0.5) is 11.4 Å². The molecule has 3 amide bonds. The Hall–Kier alpha value is -5.63. The van der Waals surface area contributed by atoms with E-state index in [4.69, 9.17) is 0 Å². The van der Waals surface area contributed by atoms with Crippen LogP contribution >= 0.6 is 0 Å². The first-order chi connectivity index (χ1) is 20.5. The summed E-state index contributed by atoms with van der Waals surface area (Å²) in [6.45, 7) is 0. The van der Waals surface area contributed by atoms with Crippen LogP contribution in [0.25, 0.3) is 5.57 Å². The molecular formula is C34H25N4O4-. The lowest BCUT2D eigenvalue weighted by atomic mass is 9.90. The van der Waals surface area contributed by atoms with Crippen molar-refractivity contribution in [2.24, 2.45) is 0 Å². The van der Waals surface area contributed by atoms with Crippen LogP contribution in [0.5, 0.6) is 0 Å². The Labute approximate surface area is 242 Å². The Kier molecular flexibility index (Phi) is 6.09. The number of rotatable bonds is 4. The third kappa shape index (κ3) is 3.96. The van der Waals surface area contributed by atoms with Crippen molar-refractivity contribution in [1.29, 1.82) is 0 Å². The van der Waals surface area contributed by atoms with Crippen LogP contribution in [0.15, 0.2) is 140 Å². The Morgan fingerprint density at radius 2 is 1.12 bits per heavy atom. The van der Waals surface area contributed by atoms with Crippen molar-refractivity contribution in [2.45, 2.75) is 18.2 Å². The largest absolute Gasteiger partial charge is 0.859 e. The molecule has 0 aromatic heterocycles. The van der Waals surface area contributed by atoms with Crippen molar-refractivity contribution >= 4 is 34.7 Å². The maximum atomic E-state index is 13.9. The molecule has 3 atom stereocenters.